The lowest BCUT2D eigenvalue weighted by Crippen LogP contribution is -2.43. The Kier molecular flexibility index (Phi) is 3.62. The van der Waals surface area contributed by atoms with E-state index in [1.54, 1.807) is 6.92 Å². The maximum absolute atomic E-state index is 12.8. The SMILES string of the molecule is CC(=O)C[C@](O)(c1ccc(C)cc1)C(F)(F)F. The van der Waals surface area contributed by atoms with E-state index >= 15 is 0 Å². The summed E-state index contributed by atoms with van der Waals surface area (Å²) in [6, 6.07) is 5.30. The van der Waals surface area contributed by atoms with E-state index in [0.717, 1.165) is 12.5 Å². The van der Waals surface area contributed by atoms with Gasteiger partial charge in [0, 0.05) is 6.42 Å². The van der Waals surface area contributed by atoms with E-state index in [1.807, 2.05) is 0 Å². The number of aliphatic hydroxyl groups is 1. The van der Waals surface area contributed by atoms with E-state index < -0.39 is 24.0 Å². The van der Waals surface area contributed by atoms with Crippen LogP contribution < -0.4 is 0 Å². The number of halogens is 3. The molecule has 1 atom stereocenters. The van der Waals surface area contributed by atoms with Crippen molar-refractivity contribution in [3.63, 3.8) is 0 Å². The highest BCUT2D eigenvalue weighted by atomic mass is 19.4. The van der Waals surface area contributed by atoms with Crippen molar-refractivity contribution in [3.05, 3.63) is 35.4 Å². The van der Waals surface area contributed by atoms with E-state index in [0.29, 0.717) is 0 Å². The molecule has 0 saturated heterocycles. The highest BCUT2D eigenvalue weighted by Gasteiger charge is 2.55. The first-order valence-electron chi connectivity index (χ1n) is 5.02. The molecule has 0 fully saturated rings. The van der Waals surface area contributed by atoms with Crippen molar-refractivity contribution in [1.82, 2.24) is 0 Å². The van der Waals surface area contributed by atoms with Gasteiger partial charge in [-0.2, -0.15) is 13.2 Å². The summed E-state index contributed by atoms with van der Waals surface area (Å²) in [6.45, 7) is 2.74. The minimum atomic E-state index is -4.88. The number of hydrogen-bond acceptors (Lipinski definition) is 2. The third kappa shape index (κ3) is 2.85. The van der Waals surface area contributed by atoms with Crippen molar-refractivity contribution in [2.75, 3.05) is 0 Å². The van der Waals surface area contributed by atoms with E-state index in [-0.39, 0.29) is 5.56 Å². The highest BCUT2D eigenvalue weighted by Crippen LogP contribution is 2.41. The number of carbonyl (C=O) groups excluding carboxylic acids is 1. The van der Waals surface area contributed by atoms with Crippen molar-refractivity contribution >= 4 is 5.78 Å². The second-order valence-corrected chi connectivity index (χ2v) is 4.10. The van der Waals surface area contributed by atoms with Gasteiger partial charge in [0.15, 0.2) is 5.60 Å². The molecule has 0 saturated carbocycles. The molecule has 94 valence electrons. The maximum Gasteiger partial charge on any atom is 0.421 e. The van der Waals surface area contributed by atoms with Crippen LogP contribution >= 0.6 is 0 Å². The third-order valence-corrected chi connectivity index (χ3v) is 2.50. The number of hydrogen-bond donors (Lipinski definition) is 1. The van der Waals surface area contributed by atoms with Crippen LogP contribution in [0.4, 0.5) is 13.2 Å². The van der Waals surface area contributed by atoms with Crippen molar-refractivity contribution in [2.45, 2.75) is 32.0 Å². The zero-order chi connectivity index (χ0) is 13.3. The molecule has 5 heteroatoms. The maximum atomic E-state index is 12.8. The second-order valence-electron chi connectivity index (χ2n) is 4.10. The standard InChI is InChI=1S/C12H13F3O2/c1-8-3-5-10(6-4-8)11(17,7-9(2)16)12(13,14)15/h3-6,17H,7H2,1-2H3/t11-/m0/s1. The van der Waals surface area contributed by atoms with Crippen LogP contribution in [0.2, 0.25) is 0 Å². The molecule has 1 rings (SSSR count). The average Bonchev–Trinajstić information content (AvgIpc) is 2.15. The molecule has 0 radical (unpaired) electrons. The Balaban J connectivity index is 3.24. The van der Waals surface area contributed by atoms with Crippen molar-refractivity contribution < 1.29 is 23.1 Å². The summed E-state index contributed by atoms with van der Waals surface area (Å²) < 4.78 is 38.5. The fourth-order valence-electron chi connectivity index (χ4n) is 1.56. The van der Waals surface area contributed by atoms with Crippen molar-refractivity contribution in [2.24, 2.45) is 0 Å². The molecule has 0 heterocycles. The van der Waals surface area contributed by atoms with Crippen LogP contribution in [-0.4, -0.2) is 17.1 Å². The molecule has 0 aliphatic carbocycles. The summed E-state index contributed by atoms with van der Waals surface area (Å²) in [7, 11) is 0. The topological polar surface area (TPSA) is 37.3 Å². The summed E-state index contributed by atoms with van der Waals surface area (Å²) in [5.41, 5.74) is -2.64. The van der Waals surface area contributed by atoms with Gasteiger partial charge in [0.25, 0.3) is 0 Å². The molecule has 0 aliphatic heterocycles. The average molecular weight is 246 g/mol. The lowest BCUT2D eigenvalue weighted by atomic mass is 9.88. The van der Waals surface area contributed by atoms with Gasteiger partial charge in [-0.05, 0) is 19.4 Å². The molecule has 0 aliphatic rings. The normalized spacial score (nSPS) is 15.4. The summed E-state index contributed by atoms with van der Waals surface area (Å²) in [5.74, 6) is -0.717. The molecule has 0 bridgehead atoms. The number of ketones is 1. The minimum absolute atomic E-state index is 0.314. The smallest absolute Gasteiger partial charge is 0.376 e. The first-order chi connectivity index (χ1) is 7.67. The van der Waals surface area contributed by atoms with Crippen LogP contribution in [0.25, 0.3) is 0 Å². The monoisotopic (exact) mass is 246 g/mol. The van der Waals surface area contributed by atoms with Crippen LogP contribution in [0.5, 0.6) is 0 Å². The van der Waals surface area contributed by atoms with Gasteiger partial charge in [-0.25, -0.2) is 0 Å². The Bertz CT molecular complexity index is 409. The van der Waals surface area contributed by atoms with Gasteiger partial charge in [0.2, 0.25) is 0 Å². The van der Waals surface area contributed by atoms with Gasteiger partial charge < -0.3 is 5.11 Å². The Morgan fingerprint density at radius 2 is 1.71 bits per heavy atom. The van der Waals surface area contributed by atoms with Gasteiger partial charge in [-0.3, -0.25) is 4.79 Å². The van der Waals surface area contributed by atoms with E-state index in [9.17, 15) is 23.1 Å². The number of Topliss-reactive ketones (excluding diaryl/α,β-unsaturated/α-hetero) is 1. The molecule has 0 aromatic heterocycles. The molecular weight excluding hydrogens is 233 g/mol. The predicted octanol–water partition coefficient (Wildman–Crippen LogP) is 2.72. The molecule has 1 aromatic rings. The van der Waals surface area contributed by atoms with Crippen LogP contribution in [0.15, 0.2) is 24.3 Å². The van der Waals surface area contributed by atoms with Gasteiger partial charge in [0.05, 0.1) is 0 Å². The van der Waals surface area contributed by atoms with Crippen LogP contribution in [0.1, 0.15) is 24.5 Å². The molecule has 0 unspecified atom stereocenters. The zero-order valence-electron chi connectivity index (χ0n) is 9.51. The Hall–Kier alpha value is -1.36. The van der Waals surface area contributed by atoms with E-state index in [1.165, 1.54) is 24.3 Å². The van der Waals surface area contributed by atoms with Crippen LogP contribution in [0.3, 0.4) is 0 Å². The lowest BCUT2D eigenvalue weighted by molar-refractivity contribution is -0.267. The van der Waals surface area contributed by atoms with E-state index in [2.05, 4.69) is 0 Å². The van der Waals surface area contributed by atoms with Gasteiger partial charge >= 0.3 is 6.18 Å². The van der Waals surface area contributed by atoms with Crippen LogP contribution in [-0.2, 0) is 10.4 Å². The van der Waals surface area contributed by atoms with Gasteiger partial charge in [-0.15, -0.1) is 0 Å². The Morgan fingerprint density at radius 3 is 2.06 bits per heavy atom. The summed E-state index contributed by atoms with van der Waals surface area (Å²) >= 11 is 0. The lowest BCUT2D eigenvalue weighted by Gasteiger charge is -2.30. The molecule has 1 N–H and O–H groups in total. The largest absolute Gasteiger partial charge is 0.421 e. The fourth-order valence-corrected chi connectivity index (χ4v) is 1.56. The Labute approximate surface area is 97.1 Å². The zero-order valence-corrected chi connectivity index (χ0v) is 9.51. The third-order valence-electron chi connectivity index (χ3n) is 2.50. The molecular formula is C12H13F3O2. The van der Waals surface area contributed by atoms with Gasteiger partial charge in [0.1, 0.15) is 5.78 Å². The number of carbonyl (C=O) groups is 1. The number of rotatable bonds is 3. The molecule has 17 heavy (non-hydrogen) atoms. The summed E-state index contributed by atoms with van der Waals surface area (Å²) in [6.07, 6.45) is -5.85. The van der Waals surface area contributed by atoms with Gasteiger partial charge in [-0.1, -0.05) is 29.8 Å². The Morgan fingerprint density at radius 1 is 1.24 bits per heavy atom. The first kappa shape index (κ1) is 13.7. The first-order valence-corrected chi connectivity index (χ1v) is 5.02. The second kappa shape index (κ2) is 4.49. The molecule has 0 spiro atoms. The molecule has 0 amide bonds. The molecule has 2 nitrogen and oxygen atoms in total. The number of alkyl halides is 3. The number of aryl methyl sites for hydroxylation is 1. The predicted molar refractivity (Wildman–Crippen MR) is 56.4 cm³/mol. The van der Waals surface area contributed by atoms with Crippen molar-refractivity contribution in [3.8, 4) is 0 Å². The fraction of sp³-hybridized carbons (Fsp3) is 0.417. The molecule has 1 aromatic carbocycles. The van der Waals surface area contributed by atoms with E-state index in [4.69, 9.17) is 0 Å². The summed E-state index contributed by atoms with van der Waals surface area (Å²) in [5, 5.41) is 9.73. The minimum Gasteiger partial charge on any atom is -0.376 e. The highest BCUT2D eigenvalue weighted by molar-refractivity contribution is 5.77. The van der Waals surface area contributed by atoms with Crippen LogP contribution in [0, 0.1) is 6.92 Å². The number of benzene rings is 1. The van der Waals surface area contributed by atoms with Crippen molar-refractivity contribution in [1.29, 1.82) is 0 Å². The quantitative estimate of drug-likeness (QED) is 0.890. The summed E-state index contributed by atoms with van der Waals surface area (Å²) in [4.78, 5) is 10.9.